The summed E-state index contributed by atoms with van der Waals surface area (Å²) in [7, 11) is 1.51. The van der Waals surface area contributed by atoms with E-state index in [0.717, 1.165) is 5.56 Å². The standard InChI is InChI=1S/C20H16ClFN6O2S/c1-30-16-7-4-13(21)8-15(16)25-17(29)10-31-20-18-19(23-11-24-20)28(27-26-18)9-12-2-5-14(22)6-3-12/h2-8,11H,9-10H2,1H3,(H,25,29). The minimum atomic E-state index is -0.304. The molecule has 4 rings (SSSR count). The number of benzene rings is 2. The molecule has 1 amide bonds. The molecular formula is C20H16ClFN6O2S. The molecule has 2 aromatic heterocycles. The fourth-order valence-corrected chi connectivity index (χ4v) is 3.75. The van der Waals surface area contributed by atoms with Crippen LogP contribution in [0.25, 0.3) is 11.2 Å². The number of thioether (sulfide) groups is 1. The minimum absolute atomic E-state index is 0.0899. The van der Waals surface area contributed by atoms with Crippen molar-refractivity contribution in [3.63, 3.8) is 0 Å². The van der Waals surface area contributed by atoms with Crippen LogP contribution in [0.5, 0.6) is 5.75 Å². The number of nitrogens with one attached hydrogen (secondary N) is 1. The molecule has 0 saturated heterocycles. The fraction of sp³-hybridized carbons (Fsp3) is 0.150. The number of carbonyl (C=O) groups excluding carboxylic acids is 1. The van der Waals surface area contributed by atoms with E-state index >= 15 is 0 Å². The summed E-state index contributed by atoms with van der Waals surface area (Å²) in [5.74, 6) is 0.0425. The summed E-state index contributed by atoms with van der Waals surface area (Å²) < 4.78 is 20.0. The van der Waals surface area contributed by atoms with Gasteiger partial charge in [-0.3, -0.25) is 4.79 Å². The van der Waals surface area contributed by atoms with E-state index in [-0.39, 0.29) is 17.5 Å². The van der Waals surface area contributed by atoms with Gasteiger partial charge in [0.2, 0.25) is 5.91 Å². The molecule has 0 bridgehead atoms. The molecule has 31 heavy (non-hydrogen) atoms. The minimum Gasteiger partial charge on any atom is -0.495 e. The number of halogens is 2. The molecule has 0 aliphatic carbocycles. The molecule has 0 fully saturated rings. The van der Waals surface area contributed by atoms with Gasteiger partial charge >= 0.3 is 0 Å². The van der Waals surface area contributed by atoms with Gasteiger partial charge in [0.25, 0.3) is 0 Å². The van der Waals surface area contributed by atoms with Crippen LogP contribution in [0.2, 0.25) is 5.02 Å². The van der Waals surface area contributed by atoms with E-state index in [4.69, 9.17) is 16.3 Å². The smallest absolute Gasteiger partial charge is 0.234 e. The van der Waals surface area contributed by atoms with Crippen LogP contribution in [0.3, 0.4) is 0 Å². The van der Waals surface area contributed by atoms with Crippen molar-refractivity contribution < 1.29 is 13.9 Å². The van der Waals surface area contributed by atoms with E-state index < -0.39 is 0 Å². The van der Waals surface area contributed by atoms with E-state index in [0.29, 0.717) is 39.2 Å². The van der Waals surface area contributed by atoms with Gasteiger partial charge < -0.3 is 10.1 Å². The molecule has 158 valence electrons. The number of methoxy groups -OCH3 is 1. The summed E-state index contributed by atoms with van der Waals surface area (Å²) in [5, 5.41) is 12.1. The Morgan fingerprint density at radius 2 is 2.03 bits per heavy atom. The first-order chi connectivity index (χ1) is 15.0. The third kappa shape index (κ3) is 4.92. The SMILES string of the molecule is COc1ccc(Cl)cc1NC(=O)CSc1ncnc2c1nnn2Cc1ccc(F)cc1. The maximum Gasteiger partial charge on any atom is 0.234 e. The maximum atomic E-state index is 13.1. The van der Waals surface area contributed by atoms with Crippen molar-refractivity contribution in [2.75, 3.05) is 18.2 Å². The molecule has 0 saturated carbocycles. The van der Waals surface area contributed by atoms with Crippen LogP contribution in [-0.4, -0.2) is 43.7 Å². The number of hydrogen-bond acceptors (Lipinski definition) is 7. The van der Waals surface area contributed by atoms with Crippen LogP contribution in [-0.2, 0) is 11.3 Å². The summed E-state index contributed by atoms with van der Waals surface area (Å²) in [6, 6.07) is 11.1. The lowest BCUT2D eigenvalue weighted by Gasteiger charge is -2.10. The molecule has 4 aromatic rings. The number of fused-ring (bicyclic) bond motifs is 1. The van der Waals surface area contributed by atoms with Gasteiger partial charge in [0, 0.05) is 5.02 Å². The molecule has 8 nitrogen and oxygen atoms in total. The fourth-order valence-electron chi connectivity index (χ4n) is 2.84. The normalized spacial score (nSPS) is 10.9. The lowest BCUT2D eigenvalue weighted by atomic mass is 10.2. The molecule has 0 spiro atoms. The molecule has 2 heterocycles. The number of ether oxygens (including phenoxy) is 1. The Morgan fingerprint density at radius 1 is 1.23 bits per heavy atom. The quantitative estimate of drug-likeness (QED) is 0.332. The van der Waals surface area contributed by atoms with E-state index in [1.807, 2.05) is 0 Å². The van der Waals surface area contributed by atoms with Crippen molar-refractivity contribution >= 4 is 46.1 Å². The highest BCUT2D eigenvalue weighted by molar-refractivity contribution is 8.00. The van der Waals surface area contributed by atoms with Gasteiger partial charge in [-0.25, -0.2) is 19.0 Å². The molecule has 0 radical (unpaired) electrons. The van der Waals surface area contributed by atoms with Crippen LogP contribution in [0, 0.1) is 5.82 Å². The zero-order chi connectivity index (χ0) is 21.8. The van der Waals surface area contributed by atoms with Gasteiger partial charge in [-0.15, -0.1) is 5.10 Å². The second-order valence-electron chi connectivity index (χ2n) is 6.41. The Morgan fingerprint density at radius 3 is 2.81 bits per heavy atom. The van der Waals surface area contributed by atoms with Crippen molar-refractivity contribution in [3.05, 3.63) is 65.2 Å². The van der Waals surface area contributed by atoms with Gasteiger partial charge in [-0.05, 0) is 35.9 Å². The number of carbonyl (C=O) groups is 1. The Bertz CT molecular complexity index is 1230. The monoisotopic (exact) mass is 458 g/mol. The maximum absolute atomic E-state index is 13.1. The van der Waals surface area contributed by atoms with E-state index in [2.05, 4.69) is 25.6 Å². The van der Waals surface area contributed by atoms with Crippen molar-refractivity contribution in [2.24, 2.45) is 0 Å². The highest BCUT2D eigenvalue weighted by atomic mass is 35.5. The number of amides is 1. The molecule has 0 aliphatic rings. The van der Waals surface area contributed by atoms with E-state index in [1.54, 1.807) is 35.0 Å². The van der Waals surface area contributed by atoms with Gasteiger partial charge in [-0.2, -0.15) is 0 Å². The summed E-state index contributed by atoms with van der Waals surface area (Å²) in [5.41, 5.74) is 2.36. The van der Waals surface area contributed by atoms with Crippen molar-refractivity contribution in [2.45, 2.75) is 11.6 Å². The Labute approximate surface area is 185 Å². The average molecular weight is 459 g/mol. The first-order valence-electron chi connectivity index (χ1n) is 9.08. The van der Waals surface area contributed by atoms with Gasteiger partial charge in [-0.1, -0.05) is 40.7 Å². The van der Waals surface area contributed by atoms with Crippen molar-refractivity contribution in [1.82, 2.24) is 25.0 Å². The average Bonchev–Trinajstić information content (AvgIpc) is 3.17. The summed E-state index contributed by atoms with van der Waals surface area (Å²) in [6.07, 6.45) is 1.40. The number of nitrogens with zero attached hydrogens (tertiary/aromatic N) is 5. The van der Waals surface area contributed by atoms with Crippen molar-refractivity contribution in [3.8, 4) is 5.75 Å². The molecule has 0 unspecified atom stereocenters. The molecular weight excluding hydrogens is 443 g/mol. The zero-order valence-electron chi connectivity index (χ0n) is 16.2. The largest absolute Gasteiger partial charge is 0.495 e. The molecule has 11 heteroatoms. The van der Waals surface area contributed by atoms with Crippen LogP contribution in [0.15, 0.2) is 53.8 Å². The molecule has 0 atom stereocenters. The topological polar surface area (TPSA) is 94.8 Å². The van der Waals surface area contributed by atoms with Gasteiger partial charge in [0.1, 0.15) is 22.9 Å². The predicted octanol–water partition coefficient (Wildman–Crippen LogP) is 3.80. The third-order valence-electron chi connectivity index (χ3n) is 4.29. The first kappa shape index (κ1) is 21.0. The number of hydrogen-bond donors (Lipinski definition) is 1. The van der Waals surface area contributed by atoms with E-state index in [1.165, 1.54) is 37.3 Å². The van der Waals surface area contributed by atoms with Crippen LogP contribution in [0.1, 0.15) is 5.56 Å². The number of anilines is 1. The summed E-state index contributed by atoms with van der Waals surface area (Å²) >= 11 is 7.21. The van der Waals surface area contributed by atoms with Gasteiger partial charge in [0.05, 0.1) is 25.1 Å². The lowest BCUT2D eigenvalue weighted by Crippen LogP contribution is -2.15. The van der Waals surface area contributed by atoms with Crippen molar-refractivity contribution in [1.29, 1.82) is 0 Å². The van der Waals surface area contributed by atoms with Gasteiger partial charge in [0.15, 0.2) is 11.2 Å². The lowest BCUT2D eigenvalue weighted by molar-refractivity contribution is -0.113. The molecule has 1 N–H and O–H groups in total. The van der Waals surface area contributed by atoms with E-state index in [9.17, 15) is 9.18 Å². The molecule has 0 aliphatic heterocycles. The second-order valence-corrected chi connectivity index (χ2v) is 7.81. The van der Waals surface area contributed by atoms with Crippen LogP contribution in [0.4, 0.5) is 10.1 Å². The Hall–Kier alpha value is -3.24. The predicted molar refractivity (Wildman–Crippen MR) is 116 cm³/mol. The highest BCUT2D eigenvalue weighted by Gasteiger charge is 2.15. The number of aromatic nitrogens is 5. The highest BCUT2D eigenvalue weighted by Crippen LogP contribution is 2.28. The first-order valence-corrected chi connectivity index (χ1v) is 10.4. The summed E-state index contributed by atoms with van der Waals surface area (Å²) in [4.78, 5) is 20.9. The third-order valence-corrected chi connectivity index (χ3v) is 5.50. The Balaban J connectivity index is 1.46. The van der Waals surface area contributed by atoms with Crippen LogP contribution < -0.4 is 10.1 Å². The van der Waals surface area contributed by atoms with Crippen LogP contribution >= 0.6 is 23.4 Å². The molecule has 2 aromatic carbocycles. The zero-order valence-corrected chi connectivity index (χ0v) is 17.8. The second kappa shape index (κ2) is 9.27. The Kier molecular flexibility index (Phi) is 6.28. The number of rotatable bonds is 7. The summed E-state index contributed by atoms with van der Waals surface area (Å²) in [6.45, 7) is 0.382.